The van der Waals surface area contributed by atoms with Gasteiger partial charge in [-0.15, -0.1) is 0 Å². The summed E-state index contributed by atoms with van der Waals surface area (Å²) in [7, 11) is -2.46. The molecule has 3 N–H and O–H groups in total. The van der Waals surface area contributed by atoms with Crippen molar-refractivity contribution < 1.29 is 17.5 Å². The number of nitrogens with one attached hydrogen (secondary N) is 1. The predicted octanol–water partition coefficient (Wildman–Crippen LogP) is 2.98. The van der Waals surface area contributed by atoms with E-state index >= 15 is 0 Å². The van der Waals surface area contributed by atoms with E-state index in [2.05, 4.69) is 20.7 Å². The van der Waals surface area contributed by atoms with Gasteiger partial charge in [-0.25, -0.2) is 12.8 Å². The average molecular weight is 375 g/mol. The lowest BCUT2D eigenvalue weighted by Gasteiger charge is -2.11. The van der Waals surface area contributed by atoms with Crippen molar-refractivity contribution in [3.05, 3.63) is 46.7 Å². The number of benzene rings is 2. The Bertz CT molecular complexity index is 781. The van der Waals surface area contributed by atoms with Gasteiger partial charge in [0.15, 0.2) is 0 Å². The first-order chi connectivity index (χ1) is 9.83. The molecule has 0 amide bonds. The highest BCUT2D eigenvalue weighted by atomic mass is 79.9. The first-order valence-corrected chi connectivity index (χ1v) is 8.02. The summed E-state index contributed by atoms with van der Waals surface area (Å²) < 4.78 is 45.3. The fourth-order valence-corrected chi connectivity index (χ4v) is 3.36. The second-order valence-corrected chi connectivity index (χ2v) is 6.65. The zero-order valence-corrected chi connectivity index (χ0v) is 13.3. The van der Waals surface area contributed by atoms with E-state index < -0.39 is 15.8 Å². The quantitative estimate of drug-likeness (QED) is 0.806. The summed E-state index contributed by atoms with van der Waals surface area (Å²) in [6, 6.07) is 8.47. The molecule has 0 aromatic heterocycles. The van der Waals surface area contributed by atoms with Gasteiger partial charge in [0.2, 0.25) is 0 Å². The first-order valence-electron chi connectivity index (χ1n) is 5.75. The van der Waals surface area contributed by atoms with Crippen LogP contribution in [0.4, 0.5) is 15.8 Å². The SMILES string of the molecule is COc1cccc(NS(=O)(=O)c2cc(Br)c(F)cc2N)c1. The highest BCUT2D eigenvalue weighted by molar-refractivity contribution is 9.10. The molecule has 0 atom stereocenters. The molecule has 0 spiro atoms. The Kier molecular flexibility index (Phi) is 4.38. The molecule has 0 radical (unpaired) electrons. The van der Waals surface area contributed by atoms with Gasteiger partial charge in [0.25, 0.3) is 10.0 Å². The van der Waals surface area contributed by atoms with Gasteiger partial charge < -0.3 is 10.5 Å². The van der Waals surface area contributed by atoms with E-state index in [1.165, 1.54) is 13.2 Å². The lowest BCUT2D eigenvalue weighted by molar-refractivity contribution is 0.415. The highest BCUT2D eigenvalue weighted by Crippen LogP contribution is 2.28. The third-order valence-corrected chi connectivity index (χ3v) is 4.71. The summed E-state index contributed by atoms with van der Waals surface area (Å²) in [6.07, 6.45) is 0. The van der Waals surface area contributed by atoms with Crippen LogP contribution in [-0.4, -0.2) is 15.5 Å². The number of ether oxygens (including phenoxy) is 1. The van der Waals surface area contributed by atoms with Crippen molar-refractivity contribution in [1.29, 1.82) is 0 Å². The molecule has 8 heteroatoms. The Hall–Kier alpha value is -1.80. The summed E-state index contributed by atoms with van der Waals surface area (Å²) in [6.45, 7) is 0. The summed E-state index contributed by atoms with van der Waals surface area (Å²) >= 11 is 2.94. The second-order valence-electron chi connectivity index (χ2n) is 4.14. The topological polar surface area (TPSA) is 81.4 Å². The van der Waals surface area contributed by atoms with Crippen LogP contribution in [0.1, 0.15) is 0 Å². The minimum atomic E-state index is -3.94. The number of anilines is 2. The molecular formula is C13H12BrFN2O3S. The van der Waals surface area contributed by atoms with E-state index in [9.17, 15) is 12.8 Å². The number of rotatable bonds is 4. The van der Waals surface area contributed by atoms with Gasteiger partial charge in [-0.2, -0.15) is 0 Å². The van der Waals surface area contributed by atoms with Crippen molar-refractivity contribution in [1.82, 2.24) is 0 Å². The molecule has 0 fully saturated rings. The van der Waals surface area contributed by atoms with Gasteiger partial charge in [0.05, 0.1) is 23.0 Å². The Morgan fingerprint density at radius 2 is 2.00 bits per heavy atom. The standard InChI is InChI=1S/C13H12BrFN2O3S/c1-20-9-4-2-3-8(5-9)17-21(18,19)13-6-10(14)11(15)7-12(13)16/h2-7,17H,16H2,1H3. The maximum atomic E-state index is 13.3. The van der Waals surface area contributed by atoms with E-state index in [0.29, 0.717) is 11.4 Å². The number of hydrogen-bond acceptors (Lipinski definition) is 4. The van der Waals surface area contributed by atoms with Crippen molar-refractivity contribution in [3.8, 4) is 5.75 Å². The van der Waals surface area contributed by atoms with Gasteiger partial charge in [0.1, 0.15) is 16.5 Å². The van der Waals surface area contributed by atoms with E-state index in [4.69, 9.17) is 10.5 Å². The number of sulfonamides is 1. The third-order valence-electron chi connectivity index (χ3n) is 2.66. The van der Waals surface area contributed by atoms with Crippen molar-refractivity contribution >= 4 is 37.3 Å². The lowest BCUT2D eigenvalue weighted by Crippen LogP contribution is -2.15. The summed E-state index contributed by atoms with van der Waals surface area (Å²) in [5.74, 6) is -0.128. The molecule has 2 rings (SSSR count). The summed E-state index contributed by atoms with van der Waals surface area (Å²) in [5.41, 5.74) is 5.72. The van der Waals surface area contributed by atoms with Crippen LogP contribution in [0, 0.1) is 5.82 Å². The lowest BCUT2D eigenvalue weighted by atomic mass is 10.3. The number of nitrogen functional groups attached to an aromatic ring is 1. The molecule has 0 unspecified atom stereocenters. The normalized spacial score (nSPS) is 11.2. The molecule has 2 aromatic carbocycles. The van der Waals surface area contributed by atoms with Crippen molar-refractivity contribution in [3.63, 3.8) is 0 Å². The molecule has 0 bridgehead atoms. The molecule has 0 saturated heterocycles. The maximum Gasteiger partial charge on any atom is 0.263 e. The largest absolute Gasteiger partial charge is 0.497 e. The van der Waals surface area contributed by atoms with Crippen LogP contribution < -0.4 is 15.2 Å². The maximum absolute atomic E-state index is 13.3. The predicted molar refractivity (Wildman–Crippen MR) is 82.3 cm³/mol. The zero-order chi connectivity index (χ0) is 15.6. The number of halogens is 2. The van der Waals surface area contributed by atoms with Crippen LogP contribution in [0.25, 0.3) is 0 Å². The van der Waals surface area contributed by atoms with E-state index in [-0.39, 0.29) is 15.1 Å². The monoisotopic (exact) mass is 374 g/mol. The molecule has 0 aliphatic carbocycles. The minimum Gasteiger partial charge on any atom is -0.497 e. The van der Waals surface area contributed by atoms with Crippen molar-refractivity contribution in [2.24, 2.45) is 0 Å². The Morgan fingerprint density at radius 3 is 2.67 bits per heavy atom. The molecule has 5 nitrogen and oxygen atoms in total. The molecule has 0 heterocycles. The molecule has 0 saturated carbocycles. The van der Waals surface area contributed by atoms with Crippen LogP contribution in [0.15, 0.2) is 45.8 Å². The molecule has 2 aromatic rings. The molecule has 0 aliphatic rings. The van der Waals surface area contributed by atoms with Crippen LogP contribution >= 0.6 is 15.9 Å². The Labute approximate surface area is 130 Å². The van der Waals surface area contributed by atoms with E-state index in [0.717, 1.165) is 12.1 Å². The fraction of sp³-hybridized carbons (Fsp3) is 0.0769. The second kappa shape index (κ2) is 5.90. The number of hydrogen-bond donors (Lipinski definition) is 2. The first kappa shape index (κ1) is 15.6. The van der Waals surface area contributed by atoms with E-state index in [1.54, 1.807) is 18.2 Å². The minimum absolute atomic E-state index is 0.0164. The van der Waals surface area contributed by atoms with Gasteiger partial charge in [0, 0.05) is 6.07 Å². The van der Waals surface area contributed by atoms with Gasteiger partial charge >= 0.3 is 0 Å². The van der Waals surface area contributed by atoms with E-state index in [1.807, 2.05) is 0 Å². The molecule has 0 aliphatic heterocycles. The summed E-state index contributed by atoms with van der Waals surface area (Å²) in [5, 5.41) is 0. The van der Waals surface area contributed by atoms with Gasteiger partial charge in [-0.1, -0.05) is 6.07 Å². The van der Waals surface area contributed by atoms with Gasteiger partial charge in [-0.3, -0.25) is 4.72 Å². The molecule has 112 valence electrons. The highest BCUT2D eigenvalue weighted by Gasteiger charge is 2.20. The molecule has 21 heavy (non-hydrogen) atoms. The van der Waals surface area contributed by atoms with Crippen LogP contribution in [-0.2, 0) is 10.0 Å². The van der Waals surface area contributed by atoms with Crippen LogP contribution in [0.3, 0.4) is 0 Å². The van der Waals surface area contributed by atoms with Crippen LogP contribution in [0.2, 0.25) is 0 Å². The summed E-state index contributed by atoms with van der Waals surface area (Å²) in [4.78, 5) is -0.210. The number of nitrogens with two attached hydrogens (primary N) is 1. The van der Waals surface area contributed by atoms with Crippen LogP contribution in [0.5, 0.6) is 5.75 Å². The Balaban J connectivity index is 2.40. The third kappa shape index (κ3) is 3.45. The van der Waals surface area contributed by atoms with Gasteiger partial charge in [-0.05, 0) is 40.2 Å². The Morgan fingerprint density at radius 1 is 1.29 bits per heavy atom. The zero-order valence-electron chi connectivity index (χ0n) is 10.9. The van der Waals surface area contributed by atoms with Crippen molar-refractivity contribution in [2.75, 3.05) is 17.6 Å². The molecular weight excluding hydrogens is 363 g/mol. The smallest absolute Gasteiger partial charge is 0.263 e. The fourth-order valence-electron chi connectivity index (χ4n) is 1.67. The van der Waals surface area contributed by atoms with Crippen molar-refractivity contribution in [2.45, 2.75) is 4.90 Å². The average Bonchev–Trinajstić information content (AvgIpc) is 2.42. The number of methoxy groups -OCH3 is 1.